The predicted molar refractivity (Wildman–Crippen MR) is 74.1 cm³/mol. The number of benzene rings is 1. The van der Waals surface area contributed by atoms with Gasteiger partial charge in [0.05, 0.1) is 5.69 Å². The summed E-state index contributed by atoms with van der Waals surface area (Å²) in [5.74, 6) is -1.69. The highest BCUT2D eigenvalue weighted by molar-refractivity contribution is 7.09. The first-order valence-corrected chi connectivity index (χ1v) is 6.88. The second kappa shape index (κ2) is 5.35. The molecule has 1 aromatic carbocycles. The molecule has 2 rings (SSSR count). The Hall–Kier alpha value is -1.33. The van der Waals surface area contributed by atoms with E-state index in [4.69, 9.17) is 0 Å². The van der Waals surface area contributed by atoms with Crippen molar-refractivity contribution in [1.82, 2.24) is 10.3 Å². The minimum atomic E-state index is -0.847. The van der Waals surface area contributed by atoms with Gasteiger partial charge in [0, 0.05) is 23.0 Å². The van der Waals surface area contributed by atoms with Crippen LogP contribution in [0.5, 0.6) is 0 Å². The zero-order valence-corrected chi connectivity index (χ0v) is 11.9. The fraction of sp³-hybridized carbons (Fsp3) is 0.357. The Morgan fingerprint density at radius 1 is 1.26 bits per heavy atom. The Morgan fingerprint density at radius 2 is 2.00 bits per heavy atom. The quantitative estimate of drug-likeness (QED) is 0.921. The number of hydrogen-bond acceptors (Lipinski definition) is 3. The van der Waals surface area contributed by atoms with E-state index in [0.717, 1.165) is 11.1 Å². The summed E-state index contributed by atoms with van der Waals surface area (Å²) in [6, 6.07) is 4.13. The standard InChI is InChI=1S/C14H16F2N2S/c1-14(2,3)17-7-12-18-11(8-19-12)9-5-4-6-10(15)13(9)16/h4-6,8,17H,7H2,1-3H3. The van der Waals surface area contributed by atoms with E-state index in [9.17, 15) is 8.78 Å². The second-order valence-corrected chi connectivity index (χ2v) is 6.27. The summed E-state index contributed by atoms with van der Waals surface area (Å²) in [6.07, 6.45) is 0. The molecule has 0 spiro atoms. The molecular weight excluding hydrogens is 266 g/mol. The summed E-state index contributed by atoms with van der Waals surface area (Å²) in [4.78, 5) is 4.33. The highest BCUT2D eigenvalue weighted by atomic mass is 32.1. The van der Waals surface area contributed by atoms with Crippen LogP contribution in [0.15, 0.2) is 23.6 Å². The molecule has 0 fully saturated rings. The van der Waals surface area contributed by atoms with Crippen molar-refractivity contribution in [3.63, 3.8) is 0 Å². The van der Waals surface area contributed by atoms with E-state index >= 15 is 0 Å². The highest BCUT2D eigenvalue weighted by Gasteiger charge is 2.14. The fourth-order valence-electron chi connectivity index (χ4n) is 1.56. The first-order chi connectivity index (χ1) is 8.87. The number of hydrogen-bond donors (Lipinski definition) is 1. The van der Waals surface area contributed by atoms with Crippen LogP contribution in [-0.2, 0) is 6.54 Å². The van der Waals surface area contributed by atoms with Crippen LogP contribution in [-0.4, -0.2) is 10.5 Å². The summed E-state index contributed by atoms with van der Waals surface area (Å²) in [5.41, 5.74) is 0.682. The molecule has 102 valence electrons. The van der Waals surface area contributed by atoms with Crippen LogP contribution in [0.3, 0.4) is 0 Å². The van der Waals surface area contributed by atoms with Gasteiger partial charge in [-0.25, -0.2) is 13.8 Å². The molecule has 0 bridgehead atoms. The smallest absolute Gasteiger partial charge is 0.168 e. The first-order valence-electron chi connectivity index (χ1n) is 6.00. The number of halogens is 2. The second-order valence-electron chi connectivity index (χ2n) is 5.33. The zero-order valence-electron chi connectivity index (χ0n) is 11.1. The summed E-state index contributed by atoms with van der Waals surface area (Å²) in [6.45, 7) is 6.81. The molecule has 0 saturated heterocycles. The third-order valence-electron chi connectivity index (χ3n) is 2.55. The van der Waals surface area contributed by atoms with Gasteiger partial charge >= 0.3 is 0 Å². The van der Waals surface area contributed by atoms with Gasteiger partial charge in [-0.05, 0) is 32.9 Å². The monoisotopic (exact) mass is 282 g/mol. The van der Waals surface area contributed by atoms with Gasteiger partial charge in [-0.3, -0.25) is 0 Å². The maximum atomic E-state index is 13.6. The number of rotatable bonds is 3. The molecule has 0 aliphatic rings. The summed E-state index contributed by atoms with van der Waals surface area (Å²) in [7, 11) is 0. The van der Waals surface area contributed by atoms with E-state index < -0.39 is 11.6 Å². The van der Waals surface area contributed by atoms with Gasteiger partial charge in [-0.2, -0.15) is 0 Å². The van der Waals surface area contributed by atoms with E-state index in [0.29, 0.717) is 12.2 Å². The lowest BCUT2D eigenvalue weighted by Gasteiger charge is -2.19. The number of nitrogens with zero attached hydrogens (tertiary/aromatic N) is 1. The Kier molecular flexibility index (Phi) is 3.96. The molecule has 0 atom stereocenters. The number of thiazole rings is 1. The normalized spacial score (nSPS) is 11.8. The van der Waals surface area contributed by atoms with Crippen LogP contribution < -0.4 is 5.32 Å². The van der Waals surface area contributed by atoms with Gasteiger partial charge in [0.15, 0.2) is 11.6 Å². The Labute approximate surface area is 115 Å². The Balaban J connectivity index is 2.19. The molecule has 2 nitrogen and oxygen atoms in total. The zero-order chi connectivity index (χ0) is 14.0. The van der Waals surface area contributed by atoms with E-state index in [1.807, 2.05) is 0 Å². The molecule has 0 aliphatic carbocycles. The summed E-state index contributed by atoms with van der Waals surface area (Å²) in [5, 5.41) is 5.91. The van der Waals surface area contributed by atoms with E-state index in [1.54, 1.807) is 5.38 Å². The number of aromatic nitrogens is 1. The fourth-order valence-corrected chi connectivity index (χ4v) is 2.29. The molecule has 5 heteroatoms. The van der Waals surface area contributed by atoms with Gasteiger partial charge in [0.1, 0.15) is 5.01 Å². The van der Waals surface area contributed by atoms with Crippen LogP contribution in [0.25, 0.3) is 11.3 Å². The lowest BCUT2D eigenvalue weighted by molar-refractivity contribution is 0.424. The van der Waals surface area contributed by atoms with Crippen LogP contribution in [0, 0.1) is 11.6 Å². The van der Waals surface area contributed by atoms with Crippen LogP contribution in [0.1, 0.15) is 25.8 Å². The summed E-state index contributed by atoms with van der Waals surface area (Å²) < 4.78 is 26.8. The highest BCUT2D eigenvalue weighted by Crippen LogP contribution is 2.26. The maximum Gasteiger partial charge on any atom is 0.168 e. The predicted octanol–water partition coefficient (Wildman–Crippen LogP) is 3.98. The van der Waals surface area contributed by atoms with Crippen LogP contribution in [0.2, 0.25) is 0 Å². The lowest BCUT2D eigenvalue weighted by atomic mass is 10.1. The van der Waals surface area contributed by atoms with Crippen molar-refractivity contribution in [1.29, 1.82) is 0 Å². The van der Waals surface area contributed by atoms with E-state index in [2.05, 4.69) is 31.1 Å². The average Bonchev–Trinajstić information content (AvgIpc) is 2.78. The molecule has 1 heterocycles. The topological polar surface area (TPSA) is 24.9 Å². The van der Waals surface area contributed by atoms with E-state index in [-0.39, 0.29) is 11.1 Å². The van der Waals surface area contributed by atoms with Gasteiger partial charge in [-0.15, -0.1) is 11.3 Å². The molecule has 1 N–H and O–H groups in total. The molecule has 0 unspecified atom stereocenters. The van der Waals surface area contributed by atoms with Crippen LogP contribution in [0.4, 0.5) is 8.78 Å². The van der Waals surface area contributed by atoms with Crippen molar-refractivity contribution in [2.45, 2.75) is 32.9 Å². The third kappa shape index (κ3) is 3.58. The Bertz CT molecular complexity index is 573. The third-order valence-corrected chi connectivity index (χ3v) is 3.40. The first kappa shape index (κ1) is 14.1. The van der Waals surface area contributed by atoms with Crippen molar-refractivity contribution in [2.24, 2.45) is 0 Å². The molecule has 0 radical (unpaired) electrons. The van der Waals surface area contributed by atoms with Crippen molar-refractivity contribution in [3.8, 4) is 11.3 Å². The van der Waals surface area contributed by atoms with E-state index in [1.165, 1.54) is 23.5 Å². The van der Waals surface area contributed by atoms with Crippen molar-refractivity contribution < 1.29 is 8.78 Å². The molecule has 0 saturated carbocycles. The SMILES string of the molecule is CC(C)(C)NCc1nc(-c2cccc(F)c2F)cs1. The number of nitrogens with one attached hydrogen (secondary N) is 1. The van der Waals surface area contributed by atoms with Crippen molar-refractivity contribution in [3.05, 3.63) is 40.2 Å². The van der Waals surface area contributed by atoms with Gasteiger partial charge in [0.2, 0.25) is 0 Å². The Morgan fingerprint density at radius 3 is 2.68 bits per heavy atom. The molecule has 2 aromatic rings. The molecule has 0 amide bonds. The molecule has 19 heavy (non-hydrogen) atoms. The van der Waals surface area contributed by atoms with Crippen LogP contribution >= 0.6 is 11.3 Å². The average molecular weight is 282 g/mol. The van der Waals surface area contributed by atoms with Gasteiger partial charge < -0.3 is 5.32 Å². The van der Waals surface area contributed by atoms with Gasteiger partial charge in [-0.1, -0.05) is 6.07 Å². The molecule has 0 aliphatic heterocycles. The minimum absolute atomic E-state index is 0.00403. The largest absolute Gasteiger partial charge is 0.306 e. The molecular formula is C14H16F2N2S. The van der Waals surface area contributed by atoms with Crippen molar-refractivity contribution in [2.75, 3.05) is 0 Å². The lowest BCUT2D eigenvalue weighted by Crippen LogP contribution is -2.34. The maximum absolute atomic E-state index is 13.6. The van der Waals surface area contributed by atoms with Crippen molar-refractivity contribution >= 4 is 11.3 Å². The van der Waals surface area contributed by atoms with Gasteiger partial charge in [0.25, 0.3) is 0 Å². The minimum Gasteiger partial charge on any atom is -0.306 e. The summed E-state index contributed by atoms with van der Waals surface area (Å²) >= 11 is 1.44. The molecule has 1 aromatic heterocycles.